The molecule has 2 aromatic carbocycles. The minimum Gasteiger partial charge on any atom is -0.339 e. The van der Waals surface area contributed by atoms with Crippen LogP contribution in [0.4, 0.5) is 13.2 Å². The van der Waals surface area contributed by atoms with Crippen molar-refractivity contribution in [2.45, 2.75) is 31.0 Å². The van der Waals surface area contributed by atoms with Crippen molar-refractivity contribution < 1.29 is 18.0 Å². The van der Waals surface area contributed by atoms with Crippen LogP contribution in [-0.2, 0) is 22.9 Å². The van der Waals surface area contributed by atoms with E-state index in [0.29, 0.717) is 13.1 Å². The number of carbonyl (C=O) groups excluding carboxylic acids is 1. The number of nitrogens with zero attached hydrogens (tertiary/aromatic N) is 1. The van der Waals surface area contributed by atoms with Crippen molar-refractivity contribution in [1.82, 2.24) is 10.2 Å². The Morgan fingerprint density at radius 1 is 1.03 bits per heavy atom. The van der Waals surface area contributed by atoms with E-state index >= 15 is 0 Å². The Hall–Kier alpha value is -2.31. The number of carbonyl (C=O) groups is 1. The van der Waals surface area contributed by atoms with Crippen LogP contribution in [0.3, 0.4) is 0 Å². The lowest BCUT2D eigenvalue weighted by molar-refractivity contribution is -0.137. The number of likely N-dealkylation sites (tertiary alicyclic amines) is 1. The van der Waals surface area contributed by atoms with E-state index in [1.807, 2.05) is 6.07 Å². The van der Waals surface area contributed by atoms with Gasteiger partial charge in [-0.15, -0.1) is 12.4 Å². The van der Waals surface area contributed by atoms with Crippen LogP contribution in [0.2, 0.25) is 0 Å². The Kier molecular flexibility index (Phi) is 6.58. The fraction of sp³-hybridized carbons (Fsp3) is 0.348. The summed E-state index contributed by atoms with van der Waals surface area (Å²) in [6.07, 6.45) is -0.225. The van der Waals surface area contributed by atoms with Crippen molar-refractivity contribution in [3.05, 3.63) is 76.9 Å². The first kappa shape index (κ1) is 22.4. The zero-order valence-corrected chi connectivity index (χ0v) is 17.2. The van der Waals surface area contributed by atoms with Crippen LogP contribution in [0.25, 0.3) is 6.08 Å². The molecule has 160 valence electrons. The standard InChI is InChI=1S/C23H23F3N2O.ClH/c24-23(25,26)20-8-4-1-5-17(20)9-10-21(29)28-13-11-22(12-14-28)16-27-15-18-6-2-3-7-19(18)22;/h1-10,27H,11-16H2;1H/b10-9+;. The van der Waals surface area contributed by atoms with E-state index in [9.17, 15) is 18.0 Å². The van der Waals surface area contributed by atoms with E-state index in [4.69, 9.17) is 0 Å². The first-order valence-corrected chi connectivity index (χ1v) is 9.81. The summed E-state index contributed by atoms with van der Waals surface area (Å²) < 4.78 is 39.3. The summed E-state index contributed by atoms with van der Waals surface area (Å²) in [5.74, 6) is -0.242. The second-order valence-corrected chi connectivity index (χ2v) is 7.78. The van der Waals surface area contributed by atoms with Crippen LogP contribution in [-0.4, -0.2) is 30.4 Å². The molecule has 1 fully saturated rings. The molecule has 1 amide bonds. The van der Waals surface area contributed by atoms with Gasteiger partial charge in [-0.25, -0.2) is 0 Å². The fourth-order valence-electron chi connectivity index (χ4n) is 4.49. The fourth-order valence-corrected chi connectivity index (χ4v) is 4.49. The average molecular weight is 437 g/mol. The predicted molar refractivity (Wildman–Crippen MR) is 113 cm³/mol. The van der Waals surface area contributed by atoms with Crippen molar-refractivity contribution >= 4 is 24.4 Å². The van der Waals surface area contributed by atoms with Gasteiger partial charge < -0.3 is 10.2 Å². The predicted octanol–water partition coefficient (Wildman–Crippen LogP) is 4.80. The highest BCUT2D eigenvalue weighted by atomic mass is 35.5. The molecule has 0 radical (unpaired) electrons. The molecular weight excluding hydrogens is 413 g/mol. The maximum absolute atomic E-state index is 13.1. The number of amides is 1. The molecule has 0 bridgehead atoms. The van der Waals surface area contributed by atoms with Crippen molar-refractivity contribution in [1.29, 1.82) is 0 Å². The molecular formula is C23H24ClF3N2O. The molecule has 0 atom stereocenters. The summed E-state index contributed by atoms with van der Waals surface area (Å²) in [5, 5.41) is 3.49. The summed E-state index contributed by atoms with van der Waals surface area (Å²) in [6.45, 7) is 2.95. The van der Waals surface area contributed by atoms with Gasteiger partial charge in [-0.1, -0.05) is 42.5 Å². The molecule has 2 aliphatic heterocycles. The van der Waals surface area contributed by atoms with Crippen molar-refractivity contribution in [2.24, 2.45) is 0 Å². The molecule has 2 aliphatic rings. The van der Waals surface area contributed by atoms with Crippen molar-refractivity contribution in [3.8, 4) is 0 Å². The molecule has 0 saturated carbocycles. The normalized spacial score (nSPS) is 18.2. The third-order valence-electron chi connectivity index (χ3n) is 6.07. The Morgan fingerprint density at radius 3 is 2.43 bits per heavy atom. The number of benzene rings is 2. The number of fused-ring (bicyclic) bond motifs is 2. The van der Waals surface area contributed by atoms with Crippen LogP contribution in [0.5, 0.6) is 0 Å². The molecule has 1 saturated heterocycles. The second kappa shape index (κ2) is 8.82. The van der Waals surface area contributed by atoms with Gasteiger partial charge in [-0.05, 0) is 41.7 Å². The molecule has 3 nitrogen and oxygen atoms in total. The minimum atomic E-state index is -4.44. The highest BCUT2D eigenvalue weighted by Gasteiger charge is 2.40. The smallest absolute Gasteiger partial charge is 0.339 e. The van der Waals surface area contributed by atoms with Crippen molar-refractivity contribution in [2.75, 3.05) is 19.6 Å². The lowest BCUT2D eigenvalue weighted by Gasteiger charge is -2.45. The molecule has 0 aromatic heterocycles. The molecule has 30 heavy (non-hydrogen) atoms. The van der Waals surface area contributed by atoms with Gasteiger partial charge in [0.05, 0.1) is 5.56 Å². The summed E-state index contributed by atoms with van der Waals surface area (Å²) in [4.78, 5) is 14.3. The zero-order valence-electron chi connectivity index (χ0n) is 16.4. The monoisotopic (exact) mass is 436 g/mol. The Labute approximate surface area is 180 Å². The van der Waals surface area contributed by atoms with Gasteiger partial charge in [0.25, 0.3) is 0 Å². The first-order chi connectivity index (χ1) is 13.9. The Bertz CT molecular complexity index is 934. The molecule has 2 aromatic rings. The van der Waals surface area contributed by atoms with Crippen LogP contribution < -0.4 is 5.32 Å². The van der Waals surface area contributed by atoms with E-state index < -0.39 is 11.7 Å². The van der Waals surface area contributed by atoms with Gasteiger partial charge in [-0.2, -0.15) is 13.2 Å². The Morgan fingerprint density at radius 2 is 1.70 bits per heavy atom. The lowest BCUT2D eigenvalue weighted by Crippen LogP contribution is -2.51. The summed E-state index contributed by atoms with van der Waals surface area (Å²) in [7, 11) is 0. The van der Waals surface area contributed by atoms with E-state index in [1.54, 1.807) is 4.90 Å². The quantitative estimate of drug-likeness (QED) is 0.685. The van der Waals surface area contributed by atoms with Gasteiger partial charge in [0, 0.05) is 37.7 Å². The lowest BCUT2D eigenvalue weighted by atomic mass is 9.69. The maximum atomic E-state index is 13.1. The number of halogens is 4. The van der Waals surface area contributed by atoms with Gasteiger partial charge in [0.2, 0.25) is 5.91 Å². The Balaban J connectivity index is 0.00000256. The van der Waals surface area contributed by atoms with E-state index in [-0.39, 0.29) is 29.3 Å². The number of piperidine rings is 1. The van der Waals surface area contributed by atoms with Crippen LogP contribution in [0.1, 0.15) is 35.1 Å². The van der Waals surface area contributed by atoms with Gasteiger partial charge >= 0.3 is 6.18 Å². The summed E-state index contributed by atoms with van der Waals surface area (Å²) in [6, 6.07) is 13.7. The SMILES string of the molecule is Cl.O=C(/C=C/c1ccccc1C(F)(F)F)N1CCC2(CC1)CNCc1ccccc12. The van der Waals surface area contributed by atoms with Crippen LogP contribution in [0.15, 0.2) is 54.6 Å². The summed E-state index contributed by atoms with van der Waals surface area (Å²) in [5.41, 5.74) is 1.97. The molecule has 0 aliphatic carbocycles. The minimum absolute atomic E-state index is 0. The zero-order chi connectivity index (χ0) is 20.5. The molecule has 7 heteroatoms. The molecule has 2 heterocycles. The molecule has 0 unspecified atom stereocenters. The highest BCUT2D eigenvalue weighted by Crippen LogP contribution is 2.39. The molecule has 1 spiro atoms. The van der Waals surface area contributed by atoms with Crippen molar-refractivity contribution in [3.63, 3.8) is 0 Å². The molecule has 1 N–H and O–H groups in total. The van der Waals surface area contributed by atoms with E-state index in [2.05, 4.69) is 23.5 Å². The number of rotatable bonds is 2. The number of hydrogen-bond acceptors (Lipinski definition) is 2. The average Bonchev–Trinajstić information content (AvgIpc) is 2.72. The van der Waals surface area contributed by atoms with Gasteiger partial charge in [-0.3, -0.25) is 4.79 Å². The highest BCUT2D eigenvalue weighted by molar-refractivity contribution is 5.92. The maximum Gasteiger partial charge on any atom is 0.416 e. The van der Waals surface area contributed by atoms with E-state index in [0.717, 1.165) is 32.0 Å². The van der Waals surface area contributed by atoms with E-state index in [1.165, 1.54) is 41.5 Å². The third kappa shape index (κ3) is 4.40. The number of hydrogen-bond donors (Lipinski definition) is 1. The first-order valence-electron chi connectivity index (χ1n) is 9.81. The number of alkyl halides is 3. The second-order valence-electron chi connectivity index (χ2n) is 7.78. The molecule has 4 rings (SSSR count). The summed E-state index contributed by atoms with van der Waals surface area (Å²) >= 11 is 0. The topological polar surface area (TPSA) is 32.3 Å². The van der Waals surface area contributed by atoms with Gasteiger partial charge in [0.1, 0.15) is 0 Å². The van der Waals surface area contributed by atoms with Crippen LogP contribution >= 0.6 is 12.4 Å². The third-order valence-corrected chi connectivity index (χ3v) is 6.07. The largest absolute Gasteiger partial charge is 0.416 e. The van der Waals surface area contributed by atoms with Crippen LogP contribution in [0, 0.1) is 0 Å². The van der Waals surface area contributed by atoms with Gasteiger partial charge in [0.15, 0.2) is 0 Å². The number of nitrogens with one attached hydrogen (secondary N) is 1.